The minimum Gasteiger partial charge on any atom is -0.376 e. The Kier molecular flexibility index (Phi) is 7.70. The molecule has 0 radical (unpaired) electrons. The van der Waals surface area contributed by atoms with Gasteiger partial charge in [0.25, 0.3) is 0 Å². The third kappa shape index (κ3) is 5.73. The van der Waals surface area contributed by atoms with E-state index in [1.165, 1.54) is 16.4 Å². The van der Waals surface area contributed by atoms with Crippen molar-refractivity contribution in [2.45, 2.75) is 50.8 Å². The number of amides is 1. The van der Waals surface area contributed by atoms with E-state index >= 15 is 0 Å². The Bertz CT molecular complexity index is 646. The van der Waals surface area contributed by atoms with E-state index in [2.05, 4.69) is 28.3 Å². The van der Waals surface area contributed by atoms with Gasteiger partial charge < -0.3 is 10.1 Å². The summed E-state index contributed by atoms with van der Waals surface area (Å²) in [4.78, 5) is 12.3. The molecule has 1 saturated heterocycles. The Morgan fingerprint density at radius 2 is 2.52 bits per heavy atom. The van der Waals surface area contributed by atoms with Crippen LogP contribution < -0.4 is 5.32 Å². The maximum absolute atomic E-state index is 12.3. The zero-order valence-corrected chi connectivity index (χ0v) is 15.1. The number of nitrogens with zero attached hydrogens (tertiary/aromatic N) is 4. The van der Waals surface area contributed by atoms with E-state index in [1.54, 1.807) is 24.6 Å². The van der Waals surface area contributed by atoms with Gasteiger partial charge in [0.05, 0.1) is 18.4 Å². The molecule has 0 saturated carbocycles. The molecule has 1 N–H and O–H groups in total. The summed E-state index contributed by atoms with van der Waals surface area (Å²) in [7, 11) is 0. The van der Waals surface area contributed by atoms with Crippen LogP contribution in [0.5, 0.6) is 0 Å². The first-order chi connectivity index (χ1) is 12.2. The third-order valence-electron chi connectivity index (χ3n) is 3.91. The smallest absolute Gasteiger partial charge is 0.224 e. The second-order valence-corrected chi connectivity index (χ2v) is 6.64. The van der Waals surface area contributed by atoms with Crippen molar-refractivity contribution in [3.63, 3.8) is 0 Å². The lowest BCUT2D eigenvalue weighted by Gasteiger charge is -2.29. The van der Waals surface area contributed by atoms with Gasteiger partial charge in [0.15, 0.2) is 0 Å². The maximum atomic E-state index is 12.3. The Balaban J connectivity index is 2.10. The molecule has 1 aliphatic heterocycles. The average molecular weight is 361 g/mol. The summed E-state index contributed by atoms with van der Waals surface area (Å²) >= 11 is 1.42. The zero-order valence-electron chi connectivity index (χ0n) is 14.3. The van der Waals surface area contributed by atoms with Crippen LogP contribution in [-0.2, 0) is 9.53 Å². The number of ether oxygens (including phenoxy) is 1. The summed E-state index contributed by atoms with van der Waals surface area (Å²) in [6, 6.07) is 1.34. The molecule has 0 spiro atoms. The SMILES string of the molecule is C=CS/C=C\CC(=O)N[C@H](c1cn([C@@H](C)C#N)nn1)C1CCCCO1. The minimum atomic E-state index is -0.413. The molecule has 134 valence electrons. The Hall–Kier alpha value is -2.11. The monoisotopic (exact) mass is 361 g/mol. The highest BCUT2D eigenvalue weighted by molar-refractivity contribution is 8.04. The van der Waals surface area contributed by atoms with Crippen molar-refractivity contribution >= 4 is 17.7 Å². The number of hydrogen-bond acceptors (Lipinski definition) is 6. The lowest BCUT2D eigenvalue weighted by molar-refractivity contribution is -0.122. The molecule has 1 aliphatic rings. The van der Waals surface area contributed by atoms with Crippen molar-refractivity contribution < 1.29 is 9.53 Å². The summed E-state index contributed by atoms with van der Waals surface area (Å²) in [5.74, 6) is -0.108. The fourth-order valence-electron chi connectivity index (χ4n) is 2.57. The summed E-state index contributed by atoms with van der Waals surface area (Å²) in [5, 5.41) is 23.7. The van der Waals surface area contributed by atoms with E-state index in [1.807, 2.05) is 5.41 Å². The van der Waals surface area contributed by atoms with Gasteiger partial charge in [0.1, 0.15) is 17.8 Å². The van der Waals surface area contributed by atoms with Gasteiger partial charge in [-0.3, -0.25) is 4.79 Å². The molecular weight excluding hydrogens is 338 g/mol. The molecule has 3 atom stereocenters. The normalized spacial score (nSPS) is 19.9. The Morgan fingerprint density at radius 1 is 1.68 bits per heavy atom. The number of aromatic nitrogens is 3. The van der Waals surface area contributed by atoms with Gasteiger partial charge in [0, 0.05) is 13.0 Å². The van der Waals surface area contributed by atoms with Crippen molar-refractivity contribution in [2.75, 3.05) is 6.61 Å². The largest absolute Gasteiger partial charge is 0.376 e. The van der Waals surface area contributed by atoms with E-state index in [0.29, 0.717) is 12.3 Å². The van der Waals surface area contributed by atoms with Gasteiger partial charge in [-0.1, -0.05) is 17.9 Å². The van der Waals surface area contributed by atoms with Crippen molar-refractivity contribution in [3.05, 3.63) is 35.4 Å². The van der Waals surface area contributed by atoms with E-state index in [0.717, 1.165) is 19.3 Å². The molecule has 8 heteroatoms. The number of carbonyl (C=O) groups is 1. The van der Waals surface area contributed by atoms with Gasteiger partial charge in [-0.25, -0.2) is 4.68 Å². The molecule has 0 aromatic carbocycles. The molecule has 0 aliphatic carbocycles. The van der Waals surface area contributed by atoms with E-state index in [4.69, 9.17) is 10.00 Å². The van der Waals surface area contributed by atoms with Crippen LogP contribution in [0.15, 0.2) is 29.7 Å². The molecule has 0 bridgehead atoms. The second-order valence-electron chi connectivity index (χ2n) is 5.76. The van der Waals surface area contributed by atoms with Crippen molar-refractivity contribution in [2.24, 2.45) is 0 Å². The highest BCUT2D eigenvalue weighted by atomic mass is 32.2. The van der Waals surface area contributed by atoms with Crippen LogP contribution in [0.3, 0.4) is 0 Å². The zero-order chi connectivity index (χ0) is 18.1. The molecule has 1 aromatic heterocycles. The molecule has 1 fully saturated rings. The molecule has 2 rings (SSSR count). The summed E-state index contributed by atoms with van der Waals surface area (Å²) in [6.45, 7) is 6.02. The Labute approximate surface area is 152 Å². The van der Waals surface area contributed by atoms with Crippen LogP contribution in [-0.4, -0.2) is 33.6 Å². The third-order valence-corrected chi connectivity index (χ3v) is 4.45. The molecule has 1 amide bonds. The van der Waals surface area contributed by atoms with Crippen LogP contribution in [0.2, 0.25) is 0 Å². The fraction of sp³-hybridized carbons (Fsp3) is 0.529. The van der Waals surface area contributed by atoms with Crippen molar-refractivity contribution in [1.29, 1.82) is 5.26 Å². The maximum Gasteiger partial charge on any atom is 0.224 e. The van der Waals surface area contributed by atoms with Crippen molar-refractivity contribution in [1.82, 2.24) is 20.3 Å². The number of nitriles is 1. The predicted octanol–water partition coefficient (Wildman–Crippen LogP) is 2.87. The van der Waals surface area contributed by atoms with Gasteiger partial charge >= 0.3 is 0 Å². The van der Waals surface area contributed by atoms with Gasteiger partial charge in [-0.2, -0.15) is 5.26 Å². The quantitative estimate of drug-likeness (QED) is 0.765. The van der Waals surface area contributed by atoms with Crippen molar-refractivity contribution in [3.8, 4) is 6.07 Å². The summed E-state index contributed by atoms with van der Waals surface area (Å²) < 4.78 is 7.34. The predicted molar refractivity (Wildman–Crippen MR) is 96.4 cm³/mol. The molecule has 1 aromatic rings. The fourth-order valence-corrected chi connectivity index (χ4v) is 2.88. The first-order valence-corrected chi connectivity index (χ1v) is 9.23. The Morgan fingerprint density at radius 3 is 3.20 bits per heavy atom. The standard InChI is InChI=1S/C17H23N5O2S/c1-3-25-10-6-8-16(23)19-17(15-7-4-5-9-24-15)14-12-22(21-20-14)13(2)11-18/h3,6,10,12-13,15,17H,1,4-5,7-9H2,2H3,(H,19,23)/b10-6-/t13-,15?,17+/m0/s1. The lowest BCUT2D eigenvalue weighted by Crippen LogP contribution is -2.39. The summed E-state index contributed by atoms with van der Waals surface area (Å²) in [5.41, 5.74) is 0.617. The first kappa shape index (κ1) is 19.2. The molecule has 2 heterocycles. The minimum absolute atomic E-state index is 0.108. The highest BCUT2D eigenvalue weighted by Gasteiger charge is 2.30. The average Bonchev–Trinajstić information content (AvgIpc) is 3.13. The van der Waals surface area contributed by atoms with Crippen LogP contribution in [0.1, 0.15) is 50.4 Å². The summed E-state index contributed by atoms with van der Waals surface area (Å²) in [6.07, 6.45) is 6.56. The lowest BCUT2D eigenvalue weighted by atomic mass is 9.99. The number of hydrogen-bond donors (Lipinski definition) is 1. The number of rotatable bonds is 8. The number of thioether (sulfide) groups is 1. The molecule has 1 unspecified atom stereocenters. The van der Waals surface area contributed by atoms with Gasteiger partial charge in [-0.05, 0) is 37.0 Å². The second kappa shape index (κ2) is 10.0. The van der Waals surface area contributed by atoms with E-state index in [9.17, 15) is 4.79 Å². The van der Waals surface area contributed by atoms with Gasteiger partial charge in [-0.15, -0.1) is 16.9 Å². The van der Waals surface area contributed by atoms with E-state index in [-0.39, 0.29) is 24.5 Å². The molecule has 25 heavy (non-hydrogen) atoms. The first-order valence-electron chi connectivity index (χ1n) is 8.29. The highest BCUT2D eigenvalue weighted by Crippen LogP contribution is 2.26. The topological polar surface area (TPSA) is 92.8 Å². The number of carbonyl (C=O) groups excluding carboxylic acids is 1. The van der Waals surface area contributed by atoms with E-state index < -0.39 is 6.04 Å². The molecule has 7 nitrogen and oxygen atoms in total. The van der Waals surface area contributed by atoms with Crippen LogP contribution in [0, 0.1) is 11.3 Å². The van der Waals surface area contributed by atoms with Crippen LogP contribution in [0.4, 0.5) is 0 Å². The van der Waals surface area contributed by atoms with Crippen LogP contribution in [0.25, 0.3) is 0 Å². The van der Waals surface area contributed by atoms with Crippen LogP contribution >= 0.6 is 11.8 Å². The molecular formula is C17H23N5O2S. The van der Waals surface area contributed by atoms with Gasteiger partial charge in [0.2, 0.25) is 5.91 Å². The number of nitrogens with one attached hydrogen (secondary N) is 1.